The van der Waals surface area contributed by atoms with E-state index in [4.69, 9.17) is 41.0 Å². The van der Waals surface area contributed by atoms with Crippen LogP contribution in [0, 0.1) is 11.3 Å². The SMILES string of the molecule is COc1cc2cc(c1Cl)N(C)C(=O)CC[C@@]1(C)[C@H](OC(=O)[C@H](C)N(C)C(=O)c3ccc(N)cc3C(F)(F)F)O[C@H]1[C@H](C)[C@@H]1C[C@@](O)(NC(=O)O1)[C@H](OC)/C=C/C=C(\C)C2. The number of esters is 1. The van der Waals surface area contributed by atoms with Gasteiger partial charge >= 0.3 is 18.2 Å². The summed E-state index contributed by atoms with van der Waals surface area (Å²) < 4.78 is 70.4. The zero-order chi connectivity index (χ0) is 43.8. The quantitative estimate of drug-likeness (QED) is 0.229. The molecule has 3 amide bonds. The maximum Gasteiger partial charge on any atom is 0.417 e. The fourth-order valence-corrected chi connectivity index (χ4v) is 8.04. The number of ether oxygens (including phenoxy) is 5. The predicted molar refractivity (Wildman–Crippen MR) is 210 cm³/mol. The number of nitrogens with two attached hydrogens (primary N) is 1. The third-order valence-electron chi connectivity index (χ3n) is 11.4. The van der Waals surface area contributed by atoms with Gasteiger partial charge in [0.1, 0.15) is 29.0 Å². The lowest BCUT2D eigenvalue weighted by molar-refractivity contribution is -0.354. The van der Waals surface area contributed by atoms with Crippen molar-refractivity contribution in [3.63, 3.8) is 0 Å². The molecule has 2 fully saturated rings. The molecular formula is C41H50ClF3N4O10. The molecule has 59 heavy (non-hydrogen) atoms. The summed E-state index contributed by atoms with van der Waals surface area (Å²) in [7, 11) is 5.58. The van der Waals surface area contributed by atoms with Crippen molar-refractivity contribution in [1.29, 1.82) is 0 Å². The van der Waals surface area contributed by atoms with Crippen LogP contribution in [0.4, 0.5) is 29.3 Å². The van der Waals surface area contributed by atoms with E-state index in [0.29, 0.717) is 23.9 Å². The molecule has 5 rings (SSSR count). The summed E-state index contributed by atoms with van der Waals surface area (Å²) in [6.45, 7) is 6.63. The highest BCUT2D eigenvalue weighted by molar-refractivity contribution is 6.35. The van der Waals surface area contributed by atoms with Crippen LogP contribution < -0.4 is 20.7 Å². The molecule has 0 aliphatic carbocycles. The van der Waals surface area contributed by atoms with Crippen molar-refractivity contribution in [2.24, 2.45) is 11.3 Å². The van der Waals surface area contributed by atoms with Crippen LogP contribution in [0.15, 0.2) is 54.1 Å². The highest BCUT2D eigenvalue weighted by Crippen LogP contribution is 2.51. The smallest absolute Gasteiger partial charge is 0.417 e. The number of amides is 3. The number of nitrogen functional groups attached to an aromatic ring is 1. The molecule has 0 radical (unpaired) electrons. The predicted octanol–water partition coefficient (Wildman–Crippen LogP) is 6.02. The fourth-order valence-electron chi connectivity index (χ4n) is 7.73. The normalized spacial score (nSPS) is 29.7. The van der Waals surface area contributed by atoms with Crippen LogP contribution in [0.1, 0.15) is 68.4 Å². The van der Waals surface area contributed by atoms with Crippen molar-refractivity contribution >= 4 is 46.9 Å². The van der Waals surface area contributed by atoms with Crippen LogP contribution in [-0.4, -0.2) is 98.6 Å². The lowest BCUT2D eigenvalue weighted by Gasteiger charge is -2.56. The van der Waals surface area contributed by atoms with Crippen LogP contribution in [0.5, 0.6) is 5.75 Å². The van der Waals surface area contributed by atoms with Crippen molar-refractivity contribution in [1.82, 2.24) is 10.2 Å². The number of carbonyl (C=O) groups excluding carboxylic acids is 4. The molecule has 2 aromatic carbocycles. The number of methoxy groups -OCH3 is 2. The Labute approximate surface area is 345 Å². The standard InChI is InChI=1S/C41H50ClF3N4O10/c1-21-10-9-11-31(56-8)40(54)20-30(57-38(53)47-40)22(2)34-39(4,15-14-32(50)49(6)28-17-24(16-21)18-29(55-7)33(28)42)37(58-34)59-36(52)23(3)48(5)35(51)26-13-12-25(46)19-27(26)41(43,44)45/h9-13,17-19,22-23,30-31,34,37,54H,14-16,20,46H2,1-8H3,(H,47,53)/b11-9+,21-10+/t22-,23+,30+,31-,34+,37+,39-,40+/m1/s1. The summed E-state index contributed by atoms with van der Waals surface area (Å²) >= 11 is 6.72. The maximum absolute atomic E-state index is 14.0. The number of hydrogen-bond acceptors (Lipinski definition) is 11. The molecule has 3 heterocycles. The number of alkyl carbamates (subject to hydrolysis) is 1. The highest BCUT2D eigenvalue weighted by atomic mass is 35.5. The molecular weight excluding hydrogens is 801 g/mol. The van der Waals surface area contributed by atoms with Crippen LogP contribution in [-0.2, 0) is 41.1 Å². The van der Waals surface area contributed by atoms with Gasteiger partial charge in [-0.25, -0.2) is 9.59 Å². The largest absolute Gasteiger partial charge is 0.495 e. The van der Waals surface area contributed by atoms with Crippen molar-refractivity contribution in [3.05, 3.63) is 75.8 Å². The number of allylic oxidation sites excluding steroid dienone is 3. The van der Waals surface area contributed by atoms with Gasteiger partial charge in [-0.05, 0) is 62.6 Å². The van der Waals surface area contributed by atoms with Crippen LogP contribution in [0.25, 0.3) is 0 Å². The molecule has 18 heteroatoms. The maximum atomic E-state index is 14.0. The van der Waals surface area contributed by atoms with Crippen molar-refractivity contribution in [2.45, 2.75) is 95.9 Å². The minimum absolute atomic E-state index is 0.0512. The molecule has 0 saturated carbocycles. The van der Waals surface area contributed by atoms with E-state index in [1.807, 2.05) is 13.0 Å². The zero-order valence-electron chi connectivity index (χ0n) is 34.0. The van der Waals surface area contributed by atoms with Crippen molar-refractivity contribution in [2.75, 3.05) is 38.9 Å². The molecule has 2 saturated heterocycles. The second kappa shape index (κ2) is 17.4. The Morgan fingerprint density at radius 1 is 1.19 bits per heavy atom. The topological polar surface area (TPSA) is 179 Å². The second-order valence-electron chi connectivity index (χ2n) is 15.6. The number of carbonyl (C=O) groups is 4. The lowest BCUT2D eigenvalue weighted by Crippen LogP contribution is -2.68. The first-order valence-corrected chi connectivity index (χ1v) is 19.2. The molecule has 3 aliphatic heterocycles. The summed E-state index contributed by atoms with van der Waals surface area (Å²) in [6.07, 6.45) is -4.62. The van der Waals surface area contributed by atoms with Gasteiger partial charge in [0, 0.05) is 45.7 Å². The molecule has 8 atom stereocenters. The first-order chi connectivity index (χ1) is 27.5. The van der Waals surface area contributed by atoms with Gasteiger partial charge in [0.05, 0.1) is 35.4 Å². The lowest BCUT2D eigenvalue weighted by atomic mass is 9.68. The van der Waals surface area contributed by atoms with Crippen LogP contribution in [0.2, 0.25) is 5.02 Å². The Morgan fingerprint density at radius 3 is 2.53 bits per heavy atom. The number of hydrogen-bond donors (Lipinski definition) is 3. The molecule has 0 aromatic heterocycles. The molecule has 0 unspecified atom stereocenters. The van der Waals surface area contributed by atoms with Gasteiger partial charge in [-0.2, -0.15) is 13.2 Å². The molecule has 2 aromatic rings. The third kappa shape index (κ3) is 9.32. The average molecular weight is 851 g/mol. The Morgan fingerprint density at radius 2 is 1.88 bits per heavy atom. The summed E-state index contributed by atoms with van der Waals surface area (Å²) in [5, 5.41) is 14.5. The Hall–Kier alpha value is -4.84. The summed E-state index contributed by atoms with van der Waals surface area (Å²) in [5.74, 6) is -2.80. The van der Waals surface area contributed by atoms with E-state index in [2.05, 4.69) is 5.32 Å². The minimum atomic E-state index is -4.91. The number of nitrogens with zero attached hydrogens (tertiary/aromatic N) is 2. The van der Waals surface area contributed by atoms with Gasteiger partial charge in [0.2, 0.25) is 12.2 Å². The van der Waals surface area contributed by atoms with E-state index in [1.165, 1.54) is 26.0 Å². The van der Waals surface area contributed by atoms with Crippen molar-refractivity contribution in [3.8, 4) is 5.75 Å². The number of halogens is 4. The van der Waals surface area contributed by atoms with Gasteiger partial charge in [-0.1, -0.05) is 49.2 Å². The summed E-state index contributed by atoms with van der Waals surface area (Å²) in [4.78, 5) is 56.2. The molecule has 4 N–H and O–H groups in total. The van der Waals surface area contributed by atoms with Gasteiger partial charge in [-0.3, -0.25) is 14.9 Å². The Balaban J connectivity index is 1.48. The van der Waals surface area contributed by atoms with E-state index < -0.39 is 83.0 Å². The third-order valence-corrected chi connectivity index (χ3v) is 11.8. The van der Waals surface area contributed by atoms with Crippen LogP contribution in [0.3, 0.4) is 0 Å². The number of anilines is 2. The zero-order valence-corrected chi connectivity index (χ0v) is 34.8. The molecule has 14 nitrogen and oxygen atoms in total. The minimum Gasteiger partial charge on any atom is -0.495 e. The Kier molecular flexibility index (Phi) is 13.3. The summed E-state index contributed by atoms with van der Waals surface area (Å²) in [6, 6.07) is 4.87. The van der Waals surface area contributed by atoms with Crippen LogP contribution >= 0.6 is 11.6 Å². The first kappa shape index (κ1) is 45.2. The number of fused-ring (bicyclic) bond motifs is 5. The molecule has 3 aliphatic rings. The van der Waals surface area contributed by atoms with E-state index in [0.717, 1.165) is 35.2 Å². The monoisotopic (exact) mass is 850 g/mol. The van der Waals surface area contributed by atoms with E-state index >= 15 is 0 Å². The number of likely N-dealkylation sites (N-methyl/N-ethyl adjacent to an activating group) is 1. The molecule has 322 valence electrons. The molecule has 0 spiro atoms. The molecule has 4 bridgehead atoms. The van der Waals surface area contributed by atoms with Crippen molar-refractivity contribution < 1.29 is 61.1 Å². The van der Waals surface area contributed by atoms with E-state index in [-0.39, 0.29) is 35.9 Å². The number of rotatable bonds is 6. The van der Waals surface area contributed by atoms with Gasteiger partial charge in [0.25, 0.3) is 5.91 Å². The summed E-state index contributed by atoms with van der Waals surface area (Å²) in [5.41, 5.74) is 2.39. The van der Waals surface area contributed by atoms with E-state index in [9.17, 15) is 37.5 Å². The highest BCUT2D eigenvalue weighted by Gasteiger charge is 2.60. The first-order valence-electron chi connectivity index (χ1n) is 18.8. The number of alkyl halides is 3. The Bertz CT molecular complexity index is 2030. The number of aliphatic hydroxyl groups is 1. The van der Waals surface area contributed by atoms with Gasteiger partial charge in [-0.15, -0.1) is 0 Å². The number of benzene rings is 2. The number of nitrogens with one attached hydrogen (secondary N) is 1. The van der Waals surface area contributed by atoms with Gasteiger partial charge < -0.3 is 44.3 Å². The van der Waals surface area contributed by atoms with E-state index in [1.54, 1.807) is 45.2 Å². The van der Waals surface area contributed by atoms with Gasteiger partial charge in [0.15, 0.2) is 5.72 Å². The second-order valence-corrected chi connectivity index (χ2v) is 16.0. The average Bonchev–Trinajstić information content (AvgIpc) is 3.17. The fraction of sp³-hybridized carbons (Fsp3) is 0.512.